The fourth-order valence-corrected chi connectivity index (χ4v) is 1.51. The third kappa shape index (κ3) is 6.35. The van der Waals surface area contributed by atoms with Crippen LogP contribution in [0.2, 0.25) is 0 Å². The summed E-state index contributed by atoms with van der Waals surface area (Å²) in [5, 5.41) is 0. The van der Waals surface area contributed by atoms with Crippen LogP contribution in [0.4, 0.5) is 0 Å². The van der Waals surface area contributed by atoms with Crippen LogP contribution in [0.15, 0.2) is 24.3 Å². The molecule has 0 heterocycles. The zero-order chi connectivity index (χ0) is 13.1. The van der Waals surface area contributed by atoms with E-state index in [1.54, 1.807) is 0 Å². The Hall–Kier alpha value is -0.980. The van der Waals surface area contributed by atoms with Crippen molar-refractivity contribution in [3.8, 4) is 5.75 Å². The second-order valence-corrected chi connectivity index (χ2v) is 3.92. The molecule has 0 bridgehead atoms. The van der Waals surface area contributed by atoms with Gasteiger partial charge in [0.05, 0.1) is 6.61 Å². The van der Waals surface area contributed by atoms with Gasteiger partial charge >= 0.3 is 0 Å². The summed E-state index contributed by atoms with van der Waals surface area (Å²) in [7, 11) is 0. The molecular weight excluding hydrogens is 208 g/mol. The second-order valence-electron chi connectivity index (χ2n) is 3.92. The minimum atomic E-state index is 0.821. The maximum Gasteiger partial charge on any atom is 0.119 e. The summed E-state index contributed by atoms with van der Waals surface area (Å²) in [6.45, 7) is 11.0. The lowest BCUT2D eigenvalue weighted by Crippen LogP contribution is -2.19. The maximum absolute atomic E-state index is 5.66. The first-order valence-electron chi connectivity index (χ1n) is 7.04. The third-order valence-electron chi connectivity index (χ3n) is 2.73. The van der Waals surface area contributed by atoms with E-state index >= 15 is 0 Å². The third-order valence-corrected chi connectivity index (χ3v) is 2.73. The zero-order valence-corrected chi connectivity index (χ0v) is 12.1. The Morgan fingerprint density at radius 1 is 1.00 bits per heavy atom. The van der Waals surface area contributed by atoms with Crippen molar-refractivity contribution >= 4 is 0 Å². The molecule has 0 unspecified atom stereocenters. The summed E-state index contributed by atoms with van der Waals surface area (Å²) in [5.74, 6) is 1.83. The molecular formula is C16H28O. The summed E-state index contributed by atoms with van der Waals surface area (Å²) >= 11 is 0. The minimum Gasteiger partial charge on any atom is -0.493 e. The molecule has 1 aliphatic rings. The molecule has 1 aliphatic carbocycles. The van der Waals surface area contributed by atoms with Crippen molar-refractivity contribution in [3.05, 3.63) is 29.8 Å². The van der Waals surface area contributed by atoms with Crippen molar-refractivity contribution in [1.82, 2.24) is 0 Å². The summed E-state index contributed by atoms with van der Waals surface area (Å²) in [6.07, 6.45) is 4.10. The highest BCUT2D eigenvalue weighted by atomic mass is 16.5. The van der Waals surface area contributed by atoms with Crippen molar-refractivity contribution in [1.29, 1.82) is 0 Å². The molecule has 17 heavy (non-hydrogen) atoms. The first-order valence-corrected chi connectivity index (χ1v) is 7.04. The second kappa shape index (κ2) is 10.2. The highest BCUT2D eigenvalue weighted by molar-refractivity contribution is 5.26. The van der Waals surface area contributed by atoms with Gasteiger partial charge in [0.1, 0.15) is 5.75 Å². The van der Waals surface area contributed by atoms with E-state index in [4.69, 9.17) is 4.74 Å². The lowest BCUT2D eigenvalue weighted by Gasteiger charge is -2.25. The van der Waals surface area contributed by atoms with Gasteiger partial charge < -0.3 is 4.74 Å². The van der Waals surface area contributed by atoms with E-state index in [0.29, 0.717) is 0 Å². The fraction of sp³-hybridized carbons (Fsp3) is 0.625. The van der Waals surface area contributed by atoms with E-state index < -0.39 is 0 Å². The van der Waals surface area contributed by atoms with Gasteiger partial charge in [-0.05, 0) is 37.8 Å². The SMILES string of the molecule is CC.CC.Cc1ccc(OCC2CCC2)cc1. The first-order chi connectivity index (χ1) is 8.34. The standard InChI is InChI=1S/C12H16O.2C2H6/c1-10-5-7-12(8-6-10)13-9-11-3-2-4-11;2*1-2/h5-8,11H,2-4,9H2,1H3;2*1-2H3. The van der Waals surface area contributed by atoms with Gasteiger partial charge in [0, 0.05) is 0 Å². The van der Waals surface area contributed by atoms with Crippen molar-refractivity contribution in [2.45, 2.75) is 53.9 Å². The number of hydrogen-bond acceptors (Lipinski definition) is 1. The molecule has 1 fully saturated rings. The van der Waals surface area contributed by atoms with Crippen LogP contribution in [0.5, 0.6) is 5.75 Å². The number of benzene rings is 1. The molecule has 1 aromatic rings. The molecule has 0 atom stereocenters. The summed E-state index contributed by atoms with van der Waals surface area (Å²) < 4.78 is 5.66. The molecule has 0 radical (unpaired) electrons. The van der Waals surface area contributed by atoms with Crippen LogP contribution in [-0.2, 0) is 0 Å². The van der Waals surface area contributed by atoms with Gasteiger partial charge in [-0.3, -0.25) is 0 Å². The lowest BCUT2D eigenvalue weighted by atomic mass is 9.86. The van der Waals surface area contributed by atoms with Gasteiger partial charge in [-0.15, -0.1) is 0 Å². The minimum absolute atomic E-state index is 0.821. The molecule has 0 spiro atoms. The molecule has 0 saturated heterocycles. The van der Waals surface area contributed by atoms with Crippen molar-refractivity contribution in [2.75, 3.05) is 6.61 Å². The van der Waals surface area contributed by atoms with Gasteiger partial charge in [-0.2, -0.15) is 0 Å². The Balaban J connectivity index is 0.000000581. The molecule has 1 nitrogen and oxygen atoms in total. The molecule has 1 aromatic carbocycles. The highest BCUT2D eigenvalue weighted by Crippen LogP contribution is 2.27. The average molecular weight is 236 g/mol. The van der Waals surface area contributed by atoms with Crippen LogP contribution < -0.4 is 4.74 Å². The van der Waals surface area contributed by atoms with E-state index in [-0.39, 0.29) is 0 Å². The van der Waals surface area contributed by atoms with Crippen LogP contribution in [0.25, 0.3) is 0 Å². The van der Waals surface area contributed by atoms with Crippen LogP contribution in [0, 0.1) is 12.8 Å². The Bertz CT molecular complexity index is 259. The van der Waals surface area contributed by atoms with Crippen LogP contribution in [0.1, 0.15) is 52.5 Å². The monoisotopic (exact) mass is 236 g/mol. The molecule has 0 aromatic heterocycles. The fourth-order valence-electron chi connectivity index (χ4n) is 1.51. The summed E-state index contributed by atoms with van der Waals surface area (Å²) in [5.41, 5.74) is 1.29. The Kier molecular flexibility index (Phi) is 9.60. The molecule has 0 N–H and O–H groups in total. The van der Waals surface area contributed by atoms with Crippen molar-refractivity contribution in [3.63, 3.8) is 0 Å². The number of ether oxygens (including phenoxy) is 1. The topological polar surface area (TPSA) is 9.23 Å². The molecule has 98 valence electrons. The Labute approximate surface area is 107 Å². The van der Waals surface area contributed by atoms with Gasteiger partial charge in [0.25, 0.3) is 0 Å². The van der Waals surface area contributed by atoms with Gasteiger partial charge in [-0.25, -0.2) is 0 Å². The largest absolute Gasteiger partial charge is 0.493 e. The lowest BCUT2D eigenvalue weighted by molar-refractivity contribution is 0.180. The Morgan fingerprint density at radius 3 is 1.94 bits per heavy atom. The van der Waals surface area contributed by atoms with Gasteiger partial charge in [-0.1, -0.05) is 51.8 Å². The van der Waals surface area contributed by atoms with Gasteiger partial charge in [0.15, 0.2) is 0 Å². The van der Waals surface area contributed by atoms with Crippen LogP contribution in [0.3, 0.4) is 0 Å². The predicted octanol–water partition coefficient (Wildman–Crippen LogP) is 5.23. The average Bonchev–Trinajstić information content (AvgIpc) is 2.35. The van der Waals surface area contributed by atoms with Crippen molar-refractivity contribution < 1.29 is 4.74 Å². The van der Waals surface area contributed by atoms with E-state index in [0.717, 1.165) is 18.3 Å². The number of hydrogen-bond donors (Lipinski definition) is 0. The Morgan fingerprint density at radius 2 is 1.53 bits per heavy atom. The van der Waals surface area contributed by atoms with Crippen LogP contribution in [-0.4, -0.2) is 6.61 Å². The first kappa shape index (κ1) is 16.0. The van der Waals surface area contributed by atoms with E-state index in [9.17, 15) is 0 Å². The van der Waals surface area contributed by atoms with Gasteiger partial charge in [0.2, 0.25) is 0 Å². The zero-order valence-electron chi connectivity index (χ0n) is 12.1. The van der Waals surface area contributed by atoms with E-state index in [1.165, 1.54) is 24.8 Å². The normalized spacial score (nSPS) is 13.5. The number of rotatable bonds is 3. The molecule has 0 aliphatic heterocycles. The molecule has 2 rings (SSSR count). The molecule has 1 saturated carbocycles. The number of aryl methyl sites for hydroxylation is 1. The van der Waals surface area contributed by atoms with Crippen molar-refractivity contribution in [2.24, 2.45) is 5.92 Å². The molecule has 1 heteroatoms. The quantitative estimate of drug-likeness (QED) is 0.698. The van der Waals surface area contributed by atoms with E-state index in [1.807, 2.05) is 39.8 Å². The summed E-state index contributed by atoms with van der Waals surface area (Å²) in [4.78, 5) is 0. The predicted molar refractivity (Wildman–Crippen MR) is 76.7 cm³/mol. The molecule has 0 amide bonds. The summed E-state index contributed by atoms with van der Waals surface area (Å²) in [6, 6.07) is 8.29. The van der Waals surface area contributed by atoms with E-state index in [2.05, 4.69) is 19.1 Å². The van der Waals surface area contributed by atoms with Crippen LogP contribution >= 0.6 is 0 Å². The smallest absolute Gasteiger partial charge is 0.119 e. The highest BCUT2D eigenvalue weighted by Gasteiger charge is 2.17. The maximum atomic E-state index is 5.66.